The van der Waals surface area contributed by atoms with Gasteiger partial charge in [-0.2, -0.15) is 11.8 Å². The molecule has 2 aliphatic rings. The van der Waals surface area contributed by atoms with Crippen LogP contribution in [0.15, 0.2) is 24.3 Å². The van der Waals surface area contributed by atoms with E-state index in [9.17, 15) is 9.59 Å². The van der Waals surface area contributed by atoms with Crippen LogP contribution in [0.2, 0.25) is 0 Å². The smallest absolute Gasteiger partial charge is 0.317 e. The Kier molecular flexibility index (Phi) is 7.44. The zero-order valence-corrected chi connectivity index (χ0v) is 17.1. The average Bonchev–Trinajstić information content (AvgIpc) is 2.72. The molecule has 0 bridgehead atoms. The summed E-state index contributed by atoms with van der Waals surface area (Å²) in [6.07, 6.45) is 3.66. The molecule has 0 saturated carbocycles. The van der Waals surface area contributed by atoms with E-state index in [0.717, 1.165) is 50.4 Å². The molecule has 0 unspecified atom stereocenters. The molecule has 6 heteroatoms. The van der Waals surface area contributed by atoms with Gasteiger partial charge < -0.3 is 15.1 Å². The molecule has 2 heterocycles. The number of carbonyl (C=O) groups excluding carboxylic acids is 2. The molecular weight excluding hydrogens is 358 g/mol. The molecule has 3 rings (SSSR count). The molecule has 0 aliphatic carbocycles. The number of piperidine rings is 1. The van der Waals surface area contributed by atoms with Crippen LogP contribution < -0.4 is 5.32 Å². The molecule has 0 atom stereocenters. The van der Waals surface area contributed by atoms with E-state index in [1.165, 1.54) is 17.5 Å². The SMILES string of the molecule is CCCSCCNC(=O)N1CCC(C(=O)N2CCc3ccccc3C2)CC1. The summed E-state index contributed by atoms with van der Waals surface area (Å²) in [6.45, 7) is 5.77. The number of hydrogen-bond donors (Lipinski definition) is 1. The molecule has 0 spiro atoms. The van der Waals surface area contributed by atoms with Gasteiger partial charge in [-0.05, 0) is 42.6 Å². The van der Waals surface area contributed by atoms with Gasteiger partial charge in [0, 0.05) is 44.4 Å². The van der Waals surface area contributed by atoms with Crippen LogP contribution in [0.3, 0.4) is 0 Å². The molecule has 148 valence electrons. The van der Waals surface area contributed by atoms with Crippen molar-refractivity contribution in [3.8, 4) is 0 Å². The van der Waals surface area contributed by atoms with Gasteiger partial charge in [0.05, 0.1) is 0 Å². The van der Waals surface area contributed by atoms with Crippen molar-refractivity contribution in [2.24, 2.45) is 5.92 Å². The molecule has 1 fully saturated rings. The Morgan fingerprint density at radius 1 is 1.07 bits per heavy atom. The van der Waals surface area contributed by atoms with Crippen LogP contribution in [0.25, 0.3) is 0 Å². The van der Waals surface area contributed by atoms with Crippen molar-refractivity contribution in [2.45, 2.75) is 39.2 Å². The number of thioether (sulfide) groups is 1. The summed E-state index contributed by atoms with van der Waals surface area (Å²) in [5.74, 6) is 2.43. The van der Waals surface area contributed by atoms with Crippen LogP contribution in [-0.2, 0) is 17.8 Å². The predicted octanol–water partition coefficient (Wildman–Crippen LogP) is 3.14. The van der Waals surface area contributed by atoms with Crippen LogP contribution >= 0.6 is 11.8 Å². The maximum absolute atomic E-state index is 12.9. The number of fused-ring (bicyclic) bond motifs is 1. The second-order valence-corrected chi connectivity index (χ2v) is 8.61. The van der Waals surface area contributed by atoms with Gasteiger partial charge in [-0.15, -0.1) is 0 Å². The lowest BCUT2D eigenvalue weighted by Gasteiger charge is -2.36. The number of amides is 3. The van der Waals surface area contributed by atoms with Gasteiger partial charge in [0.1, 0.15) is 0 Å². The fourth-order valence-corrected chi connectivity index (χ4v) is 4.60. The number of likely N-dealkylation sites (tertiary alicyclic amines) is 1. The highest BCUT2D eigenvalue weighted by Crippen LogP contribution is 2.24. The third kappa shape index (κ3) is 5.41. The fourth-order valence-electron chi connectivity index (χ4n) is 3.86. The highest BCUT2D eigenvalue weighted by molar-refractivity contribution is 7.99. The number of urea groups is 1. The van der Waals surface area contributed by atoms with Crippen LogP contribution in [0.5, 0.6) is 0 Å². The van der Waals surface area contributed by atoms with E-state index in [2.05, 4.69) is 30.4 Å². The lowest BCUT2D eigenvalue weighted by Crippen LogP contribution is -2.48. The van der Waals surface area contributed by atoms with Crippen molar-refractivity contribution < 1.29 is 9.59 Å². The molecule has 1 saturated heterocycles. The van der Waals surface area contributed by atoms with Crippen LogP contribution in [0.1, 0.15) is 37.3 Å². The second kappa shape index (κ2) is 10.0. The third-order valence-electron chi connectivity index (χ3n) is 5.44. The normalized spacial score (nSPS) is 17.5. The Morgan fingerprint density at radius 2 is 1.81 bits per heavy atom. The monoisotopic (exact) mass is 389 g/mol. The van der Waals surface area contributed by atoms with Crippen molar-refractivity contribution >= 4 is 23.7 Å². The lowest BCUT2D eigenvalue weighted by atomic mass is 9.93. The Bertz CT molecular complexity index is 644. The standard InChI is InChI=1S/C21H31N3O2S/c1-2-14-27-15-10-22-21(26)23-11-8-18(9-12-23)20(25)24-13-7-17-5-3-4-6-19(17)16-24/h3-6,18H,2,7-16H2,1H3,(H,22,26). The van der Waals surface area contributed by atoms with E-state index < -0.39 is 0 Å². The maximum Gasteiger partial charge on any atom is 0.317 e. The van der Waals surface area contributed by atoms with Crippen LogP contribution in [0, 0.1) is 5.92 Å². The first-order valence-electron chi connectivity index (χ1n) is 10.1. The number of rotatable bonds is 6. The topological polar surface area (TPSA) is 52.7 Å². The zero-order chi connectivity index (χ0) is 19.1. The van der Waals surface area contributed by atoms with Crippen molar-refractivity contribution in [1.29, 1.82) is 0 Å². The van der Waals surface area contributed by atoms with Gasteiger partial charge in [0.15, 0.2) is 0 Å². The second-order valence-electron chi connectivity index (χ2n) is 7.38. The van der Waals surface area contributed by atoms with Gasteiger partial charge >= 0.3 is 6.03 Å². The molecule has 1 aromatic rings. The number of nitrogens with one attached hydrogen (secondary N) is 1. The summed E-state index contributed by atoms with van der Waals surface area (Å²) >= 11 is 1.87. The van der Waals surface area contributed by atoms with Gasteiger partial charge in [0.2, 0.25) is 5.91 Å². The quantitative estimate of drug-likeness (QED) is 0.761. The number of nitrogens with zero attached hydrogens (tertiary/aromatic N) is 2. The van der Waals surface area contributed by atoms with Gasteiger partial charge in [-0.25, -0.2) is 4.79 Å². The molecule has 2 aliphatic heterocycles. The summed E-state index contributed by atoms with van der Waals surface area (Å²) < 4.78 is 0. The summed E-state index contributed by atoms with van der Waals surface area (Å²) in [4.78, 5) is 29.0. The predicted molar refractivity (Wildman–Crippen MR) is 111 cm³/mol. The minimum atomic E-state index is 0.0184. The van der Waals surface area contributed by atoms with E-state index >= 15 is 0 Å². The number of carbonyl (C=O) groups is 2. The average molecular weight is 390 g/mol. The Morgan fingerprint density at radius 3 is 2.56 bits per heavy atom. The maximum atomic E-state index is 12.9. The van der Waals surface area contributed by atoms with Crippen molar-refractivity contribution in [3.63, 3.8) is 0 Å². The highest BCUT2D eigenvalue weighted by Gasteiger charge is 2.31. The van der Waals surface area contributed by atoms with Crippen molar-refractivity contribution in [3.05, 3.63) is 35.4 Å². The van der Waals surface area contributed by atoms with Crippen molar-refractivity contribution in [1.82, 2.24) is 15.1 Å². The largest absolute Gasteiger partial charge is 0.338 e. The summed E-state index contributed by atoms with van der Waals surface area (Å²) in [7, 11) is 0. The molecule has 0 radical (unpaired) electrons. The molecule has 1 aromatic carbocycles. The van der Waals surface area contributed by atoms with Gasteiger partial charge in [-0.1, -0.05) is 31.2 Å². The van der Waals surface area contributed by atoms with E-state index in [-0.39, 0.29) is 17.9 Å². The summed E-state index contributed by atoms with van der Waals surface area (Å²) in [5.41, 5.74) is 2.64. The minimum absolute atomic E-state index is 0.0184. The number of benzene rings is 1. The van der Waals surface area contributed by atoms with Crippen molar-refractivity contribution in [2.75, 3.05) is 37.7 Å². The van der Waals surface area contributed by atoms with Crippen LogP contribution in [-0.4, -0.2) is 59.4 Å². The van der Waals surface area contributed by atoms with E-state index in [1.807, 2.05) is 27.6 Å². The van der Waals surface area contributed by atoms with Crippen LogP contribution in [0.4, 0.5) is 4.79 Å². The first kappa shape index (κ1) is 20.1. The summed E-state index contributed by atoms with van der Waals surface area (Å²) in [6, 6.07) is 8.42. The first-order valence-corrected chi connectivity index (χ1v) is 11.3. The minimum Gasteiger partial charge on any atom is -0.338 e. The molecule has 5 nitrogen and oxygen atoms in total. The zero-order valence-electron chi connectivity index (χ0n) is 16.3. The molecule has 3 amide bonds. The third-order valence-corrected chi connectivity index (χ3v) is 6.63. The molecular formula is C21H31N3O2S. The number of hydrogen-bond acceptors (Lipinski definition) is 3. The Balaban J connectivity index is 1.41. The lowest BCUT2D eigenvalue weighted by molar-refractivity contribution is -0.137. The van der Waals surface area contributed by atoms with Gasteiger partial charge in [-0.3, -0.25) is 4.79 Å². The molecule has 0 aromatic heterocycles. The fraction of sp³-hybridized carbons (Fsp3) is 0.619. The Labute approximate surface area is 166 Å². The summed E-state index contributed by atoms with van der Waals surface area (Å²) in [5, 5.41) is 3.00. The molecule has 27 heavy (non-hydrogen) atoms. The highest BCUT2D eigenvalue weighted by atomic mass is 32.2. The first-order chi connectivity index (χ1) is 13.2. The Hall–Kier alpha value is -1.69. The van der Waals surface area contributed by atoms with E-state index in [1.54, 1.807) is 0 Å². The molecule has 1 N–H and O–H groups in total. The van der Waals surface area contributed by atoms with Gasteiger partial charge in [0.25, 0.3) is 0 Å². The van der Waals surface area contributed by atoms with E-state index in [0.29, 0.717) is 13.1 Å². The van der Waals surface area contributed by atoms with E-state index in [4.69, 9.17) is 0 Å².